The molecule has 0 fully saturated rings. The van der Waals surface area contributed by atoms with Gasteiger partial charge in [0.1, 0.15) is 0 Å². The molecule has 0 radical (unpaired) electrons. The normalized spacial score (nSPS) is 11.7. The van der Waals surface area contributed by atoms with Gasteiger partial charge in [-0.05, 0) is 19.3 Å². The molecule has 248 valence electrons. The van der Waals surface area contributed by atoms with Crippen molar-refractivity contribution in [2.24, 2.45) is 0 Å². The molecule has 0 aromatic rings. The lowest BCUT2D eigenvalue weighted by Crippen LogP contribution is -2.17. The number of hydrogen-bond donors (Lipinski definition) is 0. The molecule has 0 heterocycles. The van der Waals surface area contributed by atoms with Crippen molar-refractivity contribution in [1.29, 1.82) is 0 Å². The van der Waals surface area contributed by atoms with Crippen LogP contribution in [0.1, 0.15) is 233 Å². The first kappa shape index (κ1) is 40.9. The van der Waals surface area contributed by atoms with E-state index in [1.807, 2.05) is 0 Å². The van der Waals surface area contributed by atoms with Crippen molar-refractivity contribution in [2.75, 3.05) is 13.2 Å². The zero-order valence-corrected chi connectivity index (χ0v) is 29.1. The van der Waals surface area contributed by atoms with Gasteiger partial charge in [-0.25, -0.2) is 0 Å². The number of ether oxygens (including phenoxy) is 2. The van der Waals surface area contributed by atoms with Gasteiger partial charge in [-0.1, -0.05) is 213 Å². The van der Waals surface area contributed by atoms with Crippen molar-refractivity contribution < 1.29 is 9.47 Å². The molecule has 0 bridgehead atoms. The van der Waals surface area contributed by atoms with E-state index in [1.165, 1.54) is 205 Å². The minimum absolute atomic E-state index is 0.0164. The molecular formula is C39H80O2. The molecule has 0 aromatic heterocycles. The highest BCUT2D eigenvalue weighted by Crippen LogP contribution is 2.16. The van der Waals surface area contributed by atoms with Crippen molar-refractivity contribution >= 4 is 0 Å². The Morgan fingerprint density at radius 2 is 0.463 bits per heavy atom. The fourth-order valence-electron chi connectivity index (χ4n) is 6.01. The third-order valence-corrected chi connectivity index (χ3v) is 8.94. The molecule has 0 aromatic carbocycles. The standard InChI is InChI=1S/C39H80O2/c1-4-7-9-11-13-15-17-19-21-23-25-27-29-31-33-35-37-40-39(6-3)41-38-36-34-32-30-28-26-24-22-20-18-16-14-12-10-8-5-2/h39H,4-38H2,1-3H3. The predicted octanol–water partition coefficient (Wildman–Crippen LogP) is 14.3. The molecule has 0 amide bonds. The Morgan fingerprint density at radius 1 is 0.268 bits per heavy atom. The topological polar surface area (TPSA) is 18.5 Å². The van der Waals surface area contributed by atoms with E-state index in [-0.39, 0.29) is 6.29 Å². The van der Waals surface area contributed by atoms with E-state index in [0.29, 0.717) is 0 Å². The van der Waals surface area contributed by atoms with Crippen LogP contribution >= 0.6 is 0 Å². The van der Waals surface area contributed by atoms with Crippen LogP contribution in [0.5, 0.6) is 0 Å². The highest BCUT2D eigenvalue weighted by atomic mass is 16.7. The van der Waals surface area contributed by atoms with Crippen molar-refractivity contribution in [3.8, 4) is 0 Å². The Balaban J connectivity index is 3.24. The zero-order chi connectivity index (χ0) is 29.7. The maximum absolute atomic E-state index is 6.02. The SMILES string of the molecule is CCCCCCCCCCCCCCCCCCOC(CC)OCCCCCCCCCCCCCCCCCC. The molecule has 0 unspecified atom stereocenters. The summed E-state index contributed by atoms with van der Waals surface area (Å²) in [6.45, 7) is 8.53. The van der Waals surface area contributed by atoms with E-state index in [0.717, 1.165) is 19.6 Å². The number of unbranched alkanes of at least 4 members (excludes halogenated alkanes) is 30. The molecule has 0 aliphatic carbocycles. The summed E-state index contributed by atoms with van der Waals surface area (Å²) in [5, 5.41) is 0. The van der Waals surface area contributed by atoms with Crippen LogP contribution in [0.4, 0.5) is 0 Å². The zero-order valence-electron chi connectivity index (χ0n) is 29.1. The van der Waals surface area contributed by atoms with Crippen LogP contribution in [-0.4, -0.2) is 19.5 Å². The second-order valence-electron chi connectivity index (χ2n) is 13.2. The summed E-state index contributed by atoms with van der Waals surface area (Å²) in [6, 6.07) is 0. The molecule has 0 saturated heterocycles. The maximum Gasteiger partial charge on any atom is 0.157 e. The van der Waals surface area contributed by atoms with E-state index < -0.39 is 0 Å². The summed E-state index contributed by atoms with van der Waals surface area (Å²) in [6.07, 6.45) is 46.3. The van der Waals surface area contributed by atoms with Gasteiger partial charge in [0.2, 0.25) is 0 Å². The lowest BCUT2D eigenvalue weighted by molar-refractivity contribution is -0.144. The third kappa shape index (κ3) is 36.0. The van der Waals surface area contributed by atoms with Crippen LogP contribution in [0.15, 0.2) is 0 Å². The van der Waals surface area contributed by atoms with Gasteiger partial charge in [0.25, 0.3) is 0 Å². The molecule has 0 rings (SSSR count). The lowest BCUT2D eigenvalue weighted by atomic mass is 10.0. The van der Waals surface area contributed by atoms with E-state index in [4.69, 9.17) is 9.47 Å². The Labute approximate surface area is 261 Å². The van der Waals surface area contributed by atoms with Crippen LogP contribution < -0.4 is 0 Å². The quantitative estimate of drug-likeness (QED) is 0.0537. The van der Waals surface area contributed by atoms with Gasteiger partial charge < -0.3 is 9.47 Å². The summed E-state index contributed by atoms with van der Waals surface area (Å²) in [4.78, 5) is 0. The van der Waals surface area contributed by atoms with Crippen molar-refractivity contribution in [3.05, 3.63) is 0 Å². The van der Waals surface area contributed by atoms with Gasteiger partial charge in [0, 0.05) is 13.2 Å². The summed E-state index contributed by atoms with van der Waals surface area (Å²) in [5.41, 5.74) is 0. The van der Waals surface area contributed by atoms with Crippen LogP contribution in [0.3, 0.4) is 0 Å². The summed E-state index contributed by atoms with van der Waals surface area (Å²) in [7, 11) is 0. The summed E-state index contributed by atoms with van der Waals surface area (Å²) >= 11 is 0. The van der Waals surface area contributed by atoms with Gasteiger partial charge in [-0.15, -0.1) is 0 Å². The lowest BCUT2D eigenvalue weighted by Gasteiger charge is -2.17. The fraction of sp³-hybridized carbons (Fsp3) is 1.00. The van der Waals surface area contributed by atoms with Crippen LogP contribution in [-0.2, 0) is 9.47 Å². The fourth-order valence-corrected chi connectivity index (χ4v) is 6.01. The summed E-state index contributed by atoms with van der Waals surface area (Å²) < 4.78 is 12.0. The van der Waals surface area contributed by atoms with E-state index >= 15 is 0 Å². The molecule has 0 aliphatic rings. The van der Waals surface area contributed by atoms with Crippen molar-refractivity contribution in [2.45, 2.75) is 239 Å². The first-order valence-corrected chi connectivity index (χ1v) is 19.6. The number of hydrogen-bond acceptors (Lipinski definition) is 2. The van der Waals surface area contributed by atoms with Crippen molar-refractivity contribution in [1.82, 2.24) is 0 Å². The first-order valence-electron chi connectivity index (χ1n) is 19.6. The second kappa shape index (κ2) is 37.9. The minimum Gasteiger partial charge on any atom is -0.353 e. The van der Waals surface area contributed by atoms with Gasteiger partial charge in [-0.3, -0.25) is 0 Å². The highest BCUT2D eigenvalue weighted by Gasteiger charge is 2.06. The van der Waals surface area contributed by atoms with E-state index in [2.05, 4.69) is 20.8 Å². The molecule has 2 nitrogen and oxygen atoms in total. The molecule has 2 heteroatoms. The molecule has 0 saturated carbocycles. The third-order valence-electron chi connectivity index (χ3n) is 8.94. The Bertz CT molecular complexity index is 399. The van der Waals surface area contributed by atoms with Gasteiger partial charge >= 0.3 is 0 Å². The molecule has 0 spiro atoms. The Morgan fingerprint density at radius 3 is 0.659 bits per heavy atom. The monoisotopic (exact) mass is 581 g/mol. The van der Waals surface area contributed by atoms with Crippen LogP contribution in [0, 0.1) is 0 Å². The molecular weight excluding hydrogens is 500 g/mol. The molecule has 0 aliphatic heterocycles. The van der Waals surface area contributed by atoms with Gasteiger partial charge in [0.05, 0.1) is 0 Å². The molecule has 0 N–H and O–H groups in total. The summed E-state index contributed by atoms with van der Waals surface area (Å²) in [5.74, 6) is 0. The Kier molecular flexibility index (Phi) is 37.9. The Hall–Kier alpha value is -0.0800. The maximum atomic E-state index is 6.02. The van der Waals surface area contributed by atoms with Crippen molar-refractivity contribution in [3.63, 3.8) is 0 Å². The molecule has 41 heavy (non-hydrogen) atoms. The largest absolute Gasteiger partial charge is 0.353 e. The van der Waals surface area contributed by atoms with Crippen LogP contribution in [0.2, 0.25) is 0 Å². The average molecular weight is 581 g/mol. The second-order valence-corrected chi connectivity index (χ2v) is 13.2. The van der Waals surface area contributed by atoms with E-state index in [1.54, 1.807) is 0 Å². The predicted molar refractivity (Wildman–Crippen MR) is 185 cm³/mol. The average Bonchev–Trinajstić information content (AvgIpc) is 2.99. The van der Waals surface area contributed by atoms with Gasteiger partial charge in [0.15, 0.2) is 6.29 Å². The molecule has 0 atom stereocenters. The highest BCUT2D eigenvalue weighted by molar-refractivity contribution is 4.52. The van der Waals surface area contributed by atoms with Gasteiger partial charge in [-0.2, -0.15) is 0 Å². The van der Waals surface area contributed by atoms with Crippen LogP contribution in [0.25, 0.3) is 0 Å². The first-order chi connectivity index (χ1) is 20.3. The minimum atomic E-state index is 0.0164. The smallest absolute Gasteiger partial charge is 0.157 e. The number of rotatable bonds is 37. The van der Waals surface area contributed by atoms with E-state index in [9.17, 15) is 0 Å².